The molecule has 0 heterocycles. The third kappa shape index (κ3) is 4.89. The molecule has 6 heteroatoms. The Morgan fingerprint density at radius 1 is 1.30 bits per heavy atom. The third-order valence-corrected chi connectivity index (χ3v) is 2.98. The van der Waals surface area contributed by atoms with E-state index in [0.717, 1.165) is 5.56 Å². The standard InChI is InChI=1S/C14H22N4O2/c1-10(15-2)11-6-5-7-12(8-11)17-14(20)16-9-13(19)18(3)4/h5-8,10,15H,9H2,1-4H3,(H2,16,17,20). The van der Waals surface area contributed by atoms with E-state index in [9.17, 15) is 9.59 Å². The number of hydrogen-bond acceptors (Lipinski definition) is 3. The van der Waals surface area contributed by atoms with Gasteiger partial charge in [0, 0.05) is 25.8 Å². The summed E-state index contributed by atoms with van der Waals surface area (Å²) >= 11 is 0. The van der Waals surface area contributed by atoms with Gasteiger partial charge in [0.25, 0.3) is 0 Å². The first-order valence-electron chi connectivity index (χ1n) is 6.46. The van der Waals surface area contributed by atoms with Gasteiger partial charge in [-0.25, -0.2) is 4.79 Å². The van der Waals surface area contributed by atoms with Gasteiger partial charge in [0.2, 0.25) is 5.91 Å². The van der Waals surface area contributed by atoms with Crippen LogP contribution in [0.3, 0.4) is 0 Å². The van der Waals surface area contributed by atoms with Gasteiger partial charge in [0.15, 0.2) is 0 Å². The molecule has 3 N–H and O–H groups in total. The summed E-state index contributed by atoms with van der Waals surface area (Å²) in [6.07, 6.45) is 0. The number of benzene rings is 1. The van der Waals surface area contributed by atoms with E-state index in [0.29, 0.717) is 5.69 Å². The Labute approximate surface area is 119 Å². The summed E-state index contributed by atoms with van der Waals surface area (Å²) in [4.78, 5) is 24.5. The van der Waals surface area contributed by atoms with Gasteiger partial charge in [-0.2, -0.15) is 0 Å². The fraction of sp³-hybridized carbons (Fsp3) is 0.429. The number of hydrogen-bond donors (Lipinski definition) is 3. The first kappa shape index (κ1) is 16.0. The minimum absolute atomic E-state index is 0.0224. The number of amides is 3. The summed E-state index contributed by atoms with van der Waals surface area (Å²) < 4.78 is 0. The molecule has 0 aromatic heterocycles. The average Bonchev–Trinajstić information content (AvgIpc) is 2.43. The van der Waals surface area contributed by atoms with Gasteiger partial charge in [0.1, 0.15) is 0 Å². The third-order valence-electron chi connectivity index (χ3n) is 2.98. The highest BCUT2D eigenvalue weighted by Crippen LogP contribution is 2.16. The largest absolute Gasteiger partial charge is 0.347 e. The minimum atomic E-state index is -0.394. The van der Waals surface area contributed by atoms with E-state index in [2.05, 4.69) is 16.0 Å². The monoisotopic (exact) mass is 278 g/mol. The van der Waals surface area contributed by atoms with Gasteiger partial charge >= 0.3 is 6.03 Å². The van der Waals surface area contributed by atoms with Crippen molar-refractivity contribution in [1.29, 1.82) is 0 Å². The van der Waals surface area contributed by atoms with Crippen molar-refractivity contribution in [2.24, 2.45) is 0 Å². The van der Waals surface area contributed by atoms with Crippen LogP contribution < -0.4 is 16.0 Å². The molecule has 3 amide bonds. The molecule has 20 heavy (non-hydrogen) atoms. The van der Waals surface area contributed by atoms with Gasteiger partial charge in [0.05, 0.1) is 6.54 Å². The Balaban J connectivity index is 2.56. The highest BCUT2D eigenvalue weighted by Gasteiger charge is 2.08. The molecule has 110 valence electrons. The van der Waals surface area contributed by atoms with E-state index < -0.39 is 6.03 Å². The Hall–Kier alpha value is -2.08. The second kappa shape index (κ2) is 7.49. The summed E-state index contributed by atoms with van der Waals surface area (Å²) in [6.45, 7) is 2.01. The molecule has 0 aliphatic rings. The van der Waals surface area contributed by atoms with Crippen molar-refractivity contribution in [3.05, 3.63) is 29.8 Å². The topological polar surface area (TPSA) is 73.5 Å². The summed E-state index contributed by atoms with van der Waals surface area (Å²) in [5.74, 6) is -0.155. The lowest BCUT2D eigenvalue weighted by Gasteiger charge is -2.14. The maximum atomic E-state index is 11.7. The van der Waals surface area contributed by atoms with Gasteiger partial charge < -0.3 is 20.9 Å². The zero-order chi connectivity index (χ0) is 15.1. The van der Waals surface area contributed by atoms with E-state index in [1.807, 2.05) is 32.2 Å². The van der Waals surface area contributed by atoms with Crippen molar-refractivity contribution in [2.45, 2.75) is 13.0 Å². The van der Waals surface area contributed by atoms with Crippen LogP contribution in [0, 0.1) is 0 Å². The van der Waals surface area contributed by atoms with Crippen molar-refractivity contribution >= 4 is 17.6 Å². The highest BCUT2D eigenvalue weighted by molar-refractivity contribution is 5.92. The second-order valence-corrected chi connectivity index (χ2v) is 4.73. The van der Waals surface area contributed by atoms with Crippen LogP contribution in [-0.2, 0) is 4.79 Å². The molecule has 6 nitrogen and oxygen atoms in total. The SMILES string of the molecule is CNC(C)c1cccc(NC(=O)NCC(=O)N(C)C)c1. The van der Waals surface area contributed by atoms with Gasteiger partial charge in [-0.3, -0.25) is 4.79 Å². The molecule has 0 aliphatic carbocycles. The van der Waals surface area contributed by atoms with Crippen molar-refractivity contribution in [3.8, 4) is 0 Å². The van der Waals surface area contributed by atoms with Crippen molar-refractivity contribution in [1.82, 2.24) is 15.5 Å². The quantitative estimate of drug-likeness (QED) is 0.757. The summed E-state index contributed by atoms with van der Waals surface area (Å²) in [5, 5.41) is 8.36. The van der Waals surface area contributed by atoms with Crippen LogP contribution in [0.15, 0.2) is 24.3 Å². The summed E-state index contributed by atoms with van der Waals surface area (Å²) in [6, 6.07) is 7.38. The van der Waals surface area contributed by atoms with Crippen molar-refractivity contribution in [2.75, 3.05) is 33.0 Å². The molecule has 1 unspecified atom stereocenters. The number of nitrogens with one attached hydrogen (secondary N) is 3. The van der Waals surface area contributed by atoms with E-state index in [1.54, 1.807) is 20.2 Å². The molecule has 0 bridgehead atoms. The molecule has 1 rings (SSSR count). The molecular weight excluding hydrogens is 256 g/mol. The summed E-state index contributed by atoms with van der Waals surface area (Å²) in [7, 11) is 5.17. The van der Waals surface area contributed by atoms with Gasteiger partial charge in [-0.1, -0.05) is 12.1 Å². The molecule has 0 radical (unpaired) electrons. The van der Waals surface area contributed by atoms with E-state index in [4.69, 9.17) is 0 Å². The number of anilines is 1. The lowest BCUT2D eigenvalue weighted by atomic mass is 10.1. The van der Waals surface area contributed by atoms with Gasteiger partial charge in [-0.15, -0.1) is 0 Å². The average molecular weight is 278 g/mol. The van der Waals surface area contributed by atoms with Crippen LogP contribution in [0.4, 0.5) is 10.5 Å². The maximum absolute atomic E-state index is 11.7. The van der Waals surface area contributed by atoms with Crippen LogP contribution in [0.5, 0.6) is 0 Å². The van der Waals surface area contributed by atoms with Crippen LogP contribution in [0.1, 0.15) is 18.5 Å². The van der Waals surface area contributed by atoms with E-state index >= 15 is 0 Å². The smallest absolute Gasteiger partial charge is 0.319 e. The molecule has 1 aromatic rings. The molecular formula is C14H22N4O2. The molecule has 0 aliphatic heterocycles. The maximum Gasteiger partial charge on any atom is 0.319 e. The number of likely N-dealkylation sites (N-methyl/N-ethyl adjacent to an activating group) is 1. The normalized spacial score (nSPS) is 11.6. The lowest BCUT2D eigenvalue weighted by molar-refractivity contribution is -0.127. The van der Waals surface area contributed by atoms with Crippen molar-refractivity contribution in [3.63, 3.8) is 0 Å². The summed E-state index contributed by atoms with van der Waals surface area (Å²) in [5.41, 5.74) is 1.77. The van der Waals surface area contributed by atoms with Gasteiger partial charge in [-0.05, 0) is 31.7 Å². The van der Waals surface area contributed by atoms with Crippen molar-refractivity contribution < 1.29 is 9.59 Å². The molecule has 0 spiro atoms. The first-order chi connectivity index (χ1) is 9.43. The number of rotatable bonds is 5. The number of urea groups is 1. The Bertz CT molecular complexity index is 474. The Morgan fingerprint density at radius 2 is 2.00 bits per heavy atom. The van der Waals surface area contributed by atoms with Crippen LogP contribution in [0.2, 0.25) is 0 Å². The Morgan fingerprint density at radius 3 is 2.60 bits per heavy atom. The number of carbonyl (C=O) groups excluding carboxylic acids is 2. The zero-order valence-corrected chi connectivity index (χ0v) is 12.4. The minimum Gasteiger partial charge on any atom is -0.347 e. The van der Waals surface area contributed by atoms with E-state index in [1.165, 1.54) is 4.90 Å². The molecule has 0 saturated carbocycles. The molecule has 0 fully saturated rings. The predicted octanol–water partition coefficient (Wildman–Crippen LogP) is 1.18. The molecule has 0 saturated heterocycles. The number of nitrogens with zero attached hydrogens (tertiary/aromatic N) is 1. The first-order valence-corrected chi connectivity index (χ1v) is 6.46. The second-order valence-electron chi connectivity index (χ2n) is 4.73. The highest BCUT2D eigenvalue weighted by atomic mass is 16.2. The molecule has 1 aromatic carbocycles. The van der Waals surface area contributed by atoms with E-state index in [-0.39, 0.29) is 18.5 Å². The van der Waals surface area contributed by atoms with Crippen LogP contribution in [-0.4, -0.2) is 44.5 Å². The number of carbonyl (C=O) groups is 2. The lowest BCUT2D eigenvalue weighted by Crippen LogP contribution is -2.38. The Kier molecular flexibility index (Phi) is 5.99. The van der Waals surface area contributed by atoms with Crippen LogP contribution in [0.25, 0.3) is 0 Å². The predicted molar refractivity (Wildman–Crippen MR) is 79.6 cm³/mol. The fourth-order valence-corrected chi connectivity index (χ4v) is 1.54. The zero-order valence-electron chi connectivity index (χ0n) is 12.4. The fourth-order valence-electron chi connectivity index (χ4n) is 1.54. The van der Waals surface area contributed by atoms with Crippen LogP contribution >= 0.6 is 0 Å². The molecule has 1 atom stereocenters.